The maximum absolute atomic E-state index is 13.7. The van der Waals surface area contributed by atoms with Crippen LogP contribution in [0.25, 0.3) is 11.2 Å². The fraction of sp³-hybridized carbons (Fsp3) is 0.694. The van der Waals surface area contributed by atoms with Gasteiger partial charge in [0.1, 0.15) is 18.2 Å². The van der Waals surface area contributed by atoms with Gasteiger partial charge < -0.3 is 28.8 Å². The number of nitrogen functional groups attached to an aromatic ring is 1. The Hall–Kier alpha value is -2.36. The number of nitrogens with zero attached hydrogens (tertiary/aromatic N) is 4. The summed E-state index contributed by atoms with van der Waals surface area (Å²) in [7, 11) is -3.55. The zero-order chi connectivity index (χ0) is 33.4. The van der Waals surface area contributed by atoms with Gasteiger partial charge in [-0.1, -0.05) is 134 Å². The van der Waals surface area contributed by atoms with Gasteiger partial charge in [0, 0.05) is 6.61 Å². The number of benzene rings is 1. The highest BCUT2D eigenvalue weighted by Crippen LogP contribution is 2.49. The van der Waals surface area contributed by atoms with Crippen LogP contribution in [0.5, 0.6) is 0 Å². The Bertz CT molecular complexity index is 1260. The first kappa shape index (κ1) is 39.1. The predicted octanol–water partition coefficient (Wildman–Crippen LogP) is 9.48. The van der Waals surface area contributed by atoms with E-state index in [9.17, 15) is 4.57 Å². The highest BCUT2D eigenvalue weighted by Gasteiger charge is 2.27. The molecule has 1 aromatic carbocycles. The molecule has 2 atom stereocenters. The van der Waals surface area contributed by atoms with Crippen LogP contribution in [-0.4, -0.2) is 51.8 Å². The van der Waals surface area contributed by atoms with Gasteiger partial charge in [-0.25, -0.2) is 15.0 Å². The molecule has 3 aromatic rings. The fourth-order valence-corrected chi connectivity index (χ4v) is 6.89. The summed E-state index contributed by atoms with van der Waals surface area (Å²) in [5.74, 6) is 0.326. The summed E-state index contributed by atoms with van der Waals surface area (Å²) in [6.07, 6.45) is 24.1. The number of rotatable bonds is 29. The summed E-state index contributed by atoms with van der Waals surface area (Å²) >= 11 is 0. The molecule has 0 aliphatic rings. The van der Waals surface area contributed by atoms with Crippen molar-refractivity contribution in [3.8, 4) is 0 Å². The van der Waals surface area contributed by atoms with Crippen LogP contribution in [0, 0.1) is 0 Å². The van der Waals surface area contributed by atoms with Crippen molar-refractivity contribution < 1.29 is 23.1 Å². The molecule has 10 nitrogen and oxygen atoms in total. The highest BCUT2D eigenvalue weighted by molar-refractivity contribution is 7.53. The molecule has 2 aromatic heterocycles. The first-order valence-electron chi connectivity index (χ1n) is 18.0. The number of aromatic nitrogens is 4. The van der Waals surface area contributed by atoms with Crippen molar-refractivity contribution >= 4 is 24.6 Å². The average molecular weight is 674 g/mol. The molecule has 0 aliphatic heterocycles. The molecule has 47 heavy (non-hydrogen) atoms. The Morgan fingerprint density at radius 2 is 1.38 bits per heavy atom. The Morgan fingerprint density at radius 1 is 0.766 bits per heavy atom. The number of nitrogens with two attached hydrogens (primary N) is 1. The van der Waals surface area contributed by atoms with Crippen molar-refractivity contribution in [3.05, 3.63) is 48.5 Å². The van der Waals surface area contributed by atoms with Crippen molar-refractivity contribution in [1.29, 1.82) is 0 Å². The first-order valence-corrected chi connectivity index (χ1v) is 19.8. The Morgan fingerprint density at radius 3 is 2.02 bits per heavy atom. The molecular formula is C36H60N5O5P. The Balaban J connectivity index is 1.25. The van der Waals surface area contributed by atoms with Gasteiger partial charge in [0.25, 0.3) is 0 Å². The van der Waals surface area contributed by atoms with E-state index in [1.165, 1.54) is 103 Å². The molecule has 0 radical (unpaired) electrons. The summed E-state index contributed by atoms with van der Waals surface area (Å²) in [5, 5.41) is 0. The molecule has 11 heteroatoms. The average Bonchev–Trinajstić information content (AvgIpc) is 3.50. The van der Waals surface area contributed by atoms with Crippen molar-refractivity contribution in [1.82, 2.24) is 19.5 Å². The van der Waals surface area contributed by atoms with Gasteiger partial charge in [-0.3, -0.25) is 4.57 Å². The van der Waals surface area contributed by atoms with E-state index in [2.05, 4.69) is 21.9 Å². The van der Waals surface area contributed by atoms with Crippen molar-refractivity contribution in [3.63, 3.8) is 0 Å². The van der Waals surface area contributed by atoms with Gasteiger partial charge in [-0.2, -0.15) is 0 Å². The molecule has 264 valence electrons. The molecule has 2 heterocycles. The minimum atomic E-state index is -3.55. The van der Waals surface area contributed by atoms with E-state index in [4.69, 9.17) is 24.3 Å². The molecule has 0 aliphatic carbocycles. The molecule has 3 rings (SSSR count). The standard InChI is InChI=1S/C36H60N5O5P/c1-3-4-5-6-7-8-9-10-11-12-13-14-15-16-17-21-24-43-25-26-45-47(42,46-28-33-22-19-18-20-23-33)31-44-32(2)27-41-30-40-34-35(37)38-29-39-36(34)41/h18-20,22-23,29-30,32H,3-17,21,24-28,31H2,1-2H3,(H2,37,38,39). The lowest BCUT2D eigenvalue weighted by Crippen LogP contribution is -2.18. The number of anilines is 1. The van der Waals surface area contributed by atoms with Crippen LogP contribution in [0.3, 0.4) is 0 Å². The van der Waals surface area contributed by atoms with Gasteiger partial charge in [0.05, 0.1) is 38.8 Å². The van der Waals surface area contributed by atoms with E-state index in [0.29, 0.717) is 36.7 Å². The second-order valence-electron chi connectivity index (χ2n) is 12.6. The molecule has 0 fully saturated rings. The minimum Gasteiger partial charge on any atom is -0.382 e. The summed E-state index contributed by atoms with van der Waals surface area (Å²) in [6, 6.07) is 9.61. The van der Waals surface area contributed by atoms with Gasteiger partial charge >= 0.3 is 7.60 Å². The van der Waals surface area contributed by atoms with Crippen LogP contribution < -0.4 is 5.73 Å². The molecule has 0 bridgehead atoms. The highest BCUT2D eigenvalue weighted by atomic mass is 31.2. The maximum Gasteiger partial charge on any atom is 0.356 e. The van der Waals surface area contributed by atoms with E-state index < -0.39 is 7.60 Å². The first-order chi connectivity index (χ1) is 23.0. The van der Waals surface area contributed by atoms with Crippen LogP contribution >= 0.6 is 7.60 Å². The topological polar surface area (TPSA) is 124 Å². The Kier molecular flexibility index (Phi) is 19.9. The number of ether oxygens (including phenoxy) is 2. The summed E-state index contributed by atoms with van der Waals surface area (Å²) in [5.41, 5.74) is 7.97. The molecule has 2 unspecified atom stereocenters. The smallest absolute Gasteiger partial charge is 0.356 e. The molecule has 2 N–H and O–H groups in total. The summed E-state index contributed by atoms with van der Waals surface area (Å²) in [4.78, 5) is 12.6. The lowest BCUT2D eigenvalue weighted by atomic mass is 10.0. The van der Waals surface area contributed by atoms with E-state index in [1.807, 2.05) is 41.8 Å². The lowest BCUT2D eigenvalue weighted by Gasteiger charge is -2.21. The maximum atomic E-state index is 13.7. The largest absolute Gasteiger partial charge is 0.382 e. The van der Waals surface area contributed by atoms with Crippen LogP contribution in [-0.2, 0) is 36.2 Å². The molecule has 0 spiro atoms. The fourth-order valence-electron chi connectivity index (χ4n) is 5.53. The van der Waals surface area contributed by atoms with E-state index in [1.54, 1.807) is 6.33 Å². The van der Waals surface area contributed by atoms with Crippen LogP contribution in [0.4, 0.5) is 5.82 Å². The van der Waals surface area contributed by atoms with Crippen LogP contribution in [0.1, 0.15) is 122 Å². The van der Waals surface area contributed by atoms with Crippen LogP contribution in [0.15, 0.2) is 43.0 Å². The van der Waals surface area contributed by atoms with Gasteiger partial charge in [-0.05, 0) is 18.9 Å². The number of hydrogen-bond acceptors (Lipinski definition) is 9. The molecule has 0 amide bonds. The summed E-state index contributed by atoms with van der Waals surface area (Å²) in [6.45, 7) is 5.98. The van der Waals surface area contributed by atoms with Crippen molar-refractivity contribution in [2.45, 2.75) is 136 Å². The Labute approximate surface area is 283 Å². The summed E-state index contributed by atoms with van der Waals surface area (Å²) < 4.78 is 38.9. The zero-order valence-electron chi connectivity index (χ0n) is 29.0. The number of fused-ring (bicyclic) bond motifs is 1. The van der Waals surface area contributed by atoms with E-state index in [0.717, 1.165) is 12.0 Å². The third-order valence-electron chi connectivity index (χ3n) is 8.33. The molecule has 0 saturated heterocycles. The third-order valence-corrected chi connectivity index (χ3v) is 9.89. The molecular weight excluding hydrogens is 613 g/mol. The van der Waals surface area contributed by atoms with E-state index in [-0.39, 0.29) is 25.7 Å². The minimum absolute atomic E-state index is 0.165. The second-order valence-corrected chi connectivity index (χ2v) is 14.5. The normalized spacial score (nSPS) is 13.7. The molecule has 0 saturated carbocycles. The van der Waals surface area contributed by atoms with Gasteiger partial charge in [0.2, 0.25) is 0 Å². The van der Waals surface area contributed by atoms with Gasteiger partial charge in [0.15, 0.2) is 11.5 Å². The van der Waals surface area contributed by atoms with Crippen LogP contribution in [0.2, 0.25) is 0 Å². The lowest BCUT2D eigenvalue weighted by molar-refractivity contribution is 0.0530. The second kappa shape index (κ2) is 23.9. The predicted molar refractivity (Wildman–Crippen MR) is 190 cm³/mol. The van der Waals surface area contributed by atoms with E-state index >= 15 is 0 Å². The van der Waals surface area contributed by atoms with Gasteiger partial charge in [-0.15, -0.1) is 0 Å². The number of unbranched alkanes of at least 4 members (excludes halogenated alkanes) is 15. The van der Waals surface area contributed by atoms with Crippen molar-refractivity contribution in [2.75, 3.05) is 31.9 Å². The number of hydrogen-bond donors (Lipinski definition) is 1. The van der Waals surface area contributed by atoms with Crippen molar-refractivity contribution in [2.24, 2.45) is 0 Å². The monoisotopic (exact) mass is 673 g/mol. The quantitative estimate of drug-likeness (QED) is 0.0567. The number of imidazole rings is 1. The SMILES string of the molecule is CCCCCCCCCCCCCCCCCCOCCOP(=O)(COC(C)Cn1cnc2c(N)ncnc21)OCc1ccccc1. The third kappa shape index (κ3) is 16.5. The zero-order valence-corrected chi connectivity index (χ0v) is 29.9.